The number of ether oxygens (including phenoxy) is 2. The molecule has 1 saturated heterocycles. The fourth-order valence-electron chi connectivity index (χ4n) is 3.43. The average Bonchev–Trinajstić information content (AvgIpc) is 3.23. The summed E-state index contributed by atoms with van der Waals surface area (Å²) in [5.74, 6) is 3.54. The van der Waals surface area contributed by atoms with Crippen molar-refractivity contribution >= 4 is 0 Å². The maximum absolute atomic E-state index is 5.45. The highest BCUT2D eigenvalue weighted by molar-refractivity contribution is 5.44. The molecule has 136 valence electrons. The molecule has 1 aliphatic rings. The molecule has 1 aromatic carbocycles. The van der Waals surface area contributed by atoms with Gasteiger partial charge in [-0.25, -0.2) is 0 Å². The second-order valence-corrected chi connectivity index (χ2v) is 6.95. The number of methoxy groups -OCH3 is 2. The Morgan fingerprint density at radius 1 is 1.24 bits per heavy atom. The average molecular weight is 345 g/mol. The minimum Gasteiger partial charge on any atom is -0.493 e. The highest BCUT2D eigenvalue weighted by Crippen LogP contribution is 2.37. The van der Waals surface area contributed by atoms with Crippen molar-refractivity contribution < 1.29 is 14.0 Å². The molecule has 1 aliphatic heterocycles. The quantitative estimate of drug-likeness (QED) is 0.764. The molecule has 0 spiro atoms. The third-order valence-electron chi connectivity index (χ3n) is 4.60. The van der Waals surface area contributed by atoms with Gasteiger partial charge in [-0.3, -0.25) is 4.90 Å². The van der Waals surface area contributed by atoms with Crippen molar-refractivity contribution in [2.24, 2.45) is 5.92 Å². The van der Waals surface area contributed by atoms with Crippen molar-refractivity contribution in [1.82, 2.24) is 15.0 Å². The molecule has 1 aromatic heterocycles. The maximum atomic E-state index is 5.45. The lowest BCUT2D eigenvalue weighted by molar-refractivity contribution is 0.211. The fraction of sp³-hybridized carbons (Fsp3) is 0.579. The molecule has 0 saturated carbocycles. The van der Waals surface area contributed by atoms with Gasteiger partial charge < -0.3 is 14.0 Å². The van der Waals surface area contributed by atoms with Crippen molar-refractivity contribution in [2.75, 3.05) is 20.8 Å². The van der Waals surface area contributed by atoms with Gasteiger partial charge in [-0.2, -0.15) is 4.98 Å². The molecule has 0 amide bonds. The van der Waals surface area contributed by atoms with E-state index < -0.39 is 0 Å². The Bertz CT molecular complexity index is 699. The van der Waals surface area contributed by atoms with Crippen molar-refractivity contribution in [1.29, 1.82) is 0 Å². The molecule has 2 heterocycles. The zero-order valence-electron chi connectivity index (χ0n) is 15.5. The van der Waals surface area contributed by atoms with Crippen molar-refractivity contribution in [2.45, 2.75) is 45.7 Å². The van der Waals surface area contributed by atoms with Gasteiger partial charge in [-0.05, 0) is 43.0 Å². The summed E-state index contributed by atoms with van der Waals surface area (Å²) in [6, 6.07) is 6.49. The van der Waals surface area contributed by atoms with Crippen LogP contribution in [0.5, 0.6) is 11.5 Å². The Morgan fingerprint density at radius 3 is 2.76 bits per heavy atom. The molecule has 1 fully saturated rings. The molecule has 0 aliphatic carbocycles. The molecular formula is C19H27N3O3. The summed E-state index contributed by atoms with van der Waals surface area (Å²) in [4.78, 5) is 6.94. The molecule has 6 heteroatoms. The van der Waals surface area contributed by atoms with Crippen LogP contribution in [-0.2, 0) is 13.0 Å². The highest BCUT2D eigenvalue weighted by atomic mass is 16.5. The van der Waals surface area contributed by atoms with Crippen LogP contribution >= 0.6 is 0 Å². The minimum absolute atomic E-state index is 0.334. The molecule has 6 nitrogen and oxygen atoms in total. The van der Waals surface area contributed by atoms with Crippen LogP contribution in [0.25, 0.3) is 0 Å². The van der Waals surface area contributed by atoms with E-state index in [9.17, 15) is 0 Å². The predicted molar refractivity (Wildman–Crippen MR) is 94.8 cm³/mol. The standard InChI is InChI=1S/C19H27N3O3/c1-13(2)10-18-20-19(25-21-18)12-22-9-5-6-15(22)14-7-8-16(23-3)17(11-14)24-4/h7-8,11,13,15H,5-6,9-10,12H2,1-4H3/t15-/m1/s1. The summed E-state index contributed by atoms with van der Waals surface area (Å²) < 4.78 is 16.2. The van der Waals surface area contributed by atoms with E-state index in [2.05, 4.69) is 41.0 Å². The lowest BCUT2D eigenvalue weighted by atomic mass is 10.0. The predicted octanol–water partition coefficient (Wildman–Crippen LogP) is 3.62. The first kappa shape index (κ1) is 17.7. The first-order chi connectivity index (χ1) is 12.1. The van der Waals surface area contributed by atoms with Gasteiger partial charge in [-0.1, -0.05) is 25.1 Å². The summed E-state index contributed by atoms with van der Waals surface area (Å²) in [5, 5.41) is 4.10. The lowest BCUT2D eigenvalue weighted by Crippen LogP contribution is -2.23. The van der Waals surface area contributed by atoms with E-state index in [0.29, 0.717) is 24.4 Å². The van der Waals surface area contributed by atoms with Crippen LogP contribution in [0.4, 0.5) is 0 Å². The first-order valence-electron chi connectivity index (χ1n) is 8.88. The van der Waals surface area contributed by atoms with Crippen LogP contribution < -0.4 is 9.47 Å². The summed E-state index contributed by atoms with van der Waals surface area (Å²) in [5.41, 5.74) is 1.23. The van der Waals surface area contributed by atoms with Crippen LogP contribution in [-0.4, -0.2) is 35.8 Å². The maximum Gasteiger partial charge on any atom is 0.240 e. The first-order valence-corrected chi connectivity index (χ1v) is 8.88. The zero-order valence-corrected chi connectivity index (χ0v) is 15.5. The number of nitrogens with zero attached hydrogens (tertiary/aromatic N) is 3. The van der Waals surface area contributed by atoms with E-state index in [1.54, 1.807) is 14.2 Å². The van der Waals surface area contributed by atoms with Gasteiger partial charge in [0.15, 0.2) is 17.3 Å². The number of rotatable bonds is 7. The second-order valence-electron chi connectivity index (χ2n) is 6.95. The van der Waals surface area contributed by atoms with Crippen LogP contribution in [0.15, 0.2) is 22.7 Å². The van der Waals surface area contributed by atoms with Gasteiger partial charge >= 0.3 is 0 Å². The van der Waals surface area contributed by atoms with Crippen LogP contribution in [0, 0.1) is 5.92 Å². The van der Waals surface area contributed by atoms with Crippen LogP contribution in [0.3, 0.4) is 0 Å². The Hall–Kier alpha value is -2.08. The van der Waals surface area contributed by atoms with E-state index in [0.717, 1.165) is 43.1 Å². The van der Waals surface area contributed by atoms with Gasteiger partial charge in [0.2, 0.25) is 5.89 Å². The van der Waals surface area contributed by atoms with Gasteiger partial charge in [0.25, 0.3) is 0 Å². The zero-order chi connectivity index (χ0) is 17.8. The van der Waals surface area contributed by atoms with Gasteiger partial charge in [0, 0.05) is 12.5 Å². The fourth-order valence-corrected chi connectivity index (χ4v) is 3.43. The van der Waals surface area contributed by atoms with Gasteiger partial charge in [0.05, 0.1) is 20.8 Å². The Balaban J connectivity index is 1.73. The van der Waals surface area contributed by atoms with E-state index in [1.807, 2.05) is 6.07 Å². The number of benzene rings is 1. The van der Waals surface area contributed by atoms with Crippen molar-refractivity contribution in [3.63, 3.8) is 0 Å². The Morgan fingerprint density at radius 2 is 2.04 bits per heavy atom. The van der Waals surface area contributed by atoms with Gasteiger partial charge in [-0.15, -0.1) is 0 Å². The molecule has 0 N–H and O–H groups in total. The van der Waals surface area contributed by atoms with E-state index >= 15 is 0 Å². The smallest absolute Gasteiger partial charge is 0.240 e. The number of hydrogen-bond donors (Lipinski definition) is 0. The number of likely N-dealkylation sites (tertiary alicyclic amines) is 1. The Labute approximate surface area is 149 Å². The summed E-state index contributed by atoms with van der Waals surface area (Å²) in [6.45, 7) is 6.03. The molecule has 0 unspecified atom stereocenters. The van der Waals surface area contributed by atoms with Crippen LogP contribution in [0.1, 0.15) is 50.0 Å². The third kappa shape index (κ3) is 4.12. The molecular weight excluding hydrogens is 318 g/mol. The van der Waals surface area contributed by atoms with E-state index in [1.165, 1.54) is 5.56 Å². The highest BCUT2D eigenvalue weighted by Gasteiger charge is 2.28. The molecule has 1 atom stereocenters. The third-order valence-corrected chi connectivity index (χ3v) is 4.60. The summed E-state index contributed by atoms with van der Waals surface area (Å²) in [7, 11) is 3.33. The molecule has 0 radical (unpaired) electrons. The molecule has 0 bridgehead atoms. The lowest BCUT2D eigenvalue weighted by Gasteiger charge is -2.23. The topological polar surface area (TPSA) is 60.6 Å². The SMILES string of the molecule is COc1ccc([C@H]2CCCN2Cc2nc(CC(C)C)no2)cc1OC. The van der Waals surface area contributed by atoms with Gasteiger partial charge in [0.1, 0.15) is 0 Å². The van der Waals surface area contributed by atoms with E-state index in [4.69, 9.17) is 14.0 Å². The normalized spacial score (nSPS) is 18.0. The summed E-state index contributed by atoms with van der Waals surface area (Å²) in [6.07, 6.45) is 3.12. The minimum atomic E-state index is 0.334. The van der Waals surface area contributed by atoms with Crippen molar-refractivity contribution in [3.05, 3.63) is 35.5 Å². The monoisotopic (exact) mass is 345 g/mol. The van der Waals surface area contributed by atoms with Crippen molar-refractivity contribution in [3.8, 4) is 11.5 Å². The molecule has 3 rings (SSSR count). The Kier molecular flexibility index (Phi) is 5.58. The largest absolute Gasteiger partial charge is 0.493 e. The summed E-state index contributed by atoms with van der Waals surface area (Å²) >= 11 is 0. The number of hydrogen-bond acceptors (Lipinski definition) is 6. The van der Waals surface area contributed by atoms with E-state index in [-0.39, 0.29) is 0 Å². The van der Waals surface area contributed by atoms with Crippen LogP contribution in [0.2, 0.25) is 0 Å². The molecule has 25 heavy (non-hydrogen) atoms. The number of aromatic nitrogens is 2. The molecule has 2 aromatic rings. The second kappa shape index (κ2) is 7.87.